The molecule has 0 atom stereocenters. The van der Waals surface area contributed by atoms with Crippen molar-refractivity contribution in [2.45, 2.75) is 54.6 Å². The lowest BCUT2D eigenvalue weighted by Crippen LogP contribution is -2.40. The van der Waals surface area contributed by atoms with Crippen LogP contribution in [0.15, 0.2) is 63.2 Å². The minimum atomic E-state index is -3.95. The molecule has 190 valence electrons. The number of aromatic nitrogens is 3. The van der Waals surface area contributed by atoms with Crippen LogP contribution in [-0.2, 0) is 9.84 Å². The van der Waals surface area contributed by atoms with Crippen LogP contribution in [0.25, 0.3) is 0 Å². The van der Waals surface area contributed by atoms with E-state index in [1.807, 2.05) is 32.1 Å². The number of sulfone groups is 1. The van der Waals surface area contributed by atoms with Crippen LogP contribution in [0, 0.1) is 6.92 Å². The number of rotatable bonds is 7. The van der Waals surface area contributed by atoms with Crippen molar-refractivity contribution in [1.82, 2.24) is 20.3 Å². The molecular formula is C25H29BrN6O3S. The fraction of sp³-hybridized carbons (Fsp3) is 0.360. The largest absolute Gasteiger partial charge is 0.362 e. The Balaban J connectivity index is 1.40. The fourth-order valence-electron chi connectivity index (χ4n) is 4.29. The lowest BCUT2D eigenvalue weighted by Gasteiger charge is -2.30. The van der Waals surface area contributed by atoms with E-state index in [4.69, 9.17) is 0 Å². The van der Waals surface area contributed by atoms with E-state index in [2.05, 4.69) is 41.5 Å². The molecule has 0 radical (unpaired) electrons. The Morgan fingerprint density at radius 3 is 2.36 bits per heavy atom. The van der Waals surface area contributed by atoms with Crippen molar-refractivity contribution >= 4 is 43.4 Å². The minimum Gasteiger partial charge on any atom is -0.362 e. The summed E-state index contributed by atoms with van der Waals surface area (Å²) in [6, 6.07) is 9.47. The van der Waals surface area contributed by atoms with Gasteiger partial charge in [0.25, 0.3) is 5.91 Å². The van der Waals surface area contributed by atoms with Crippen LogP contribution in [0.2, 0.25) is 0 Å². The van der Waals surface area contributed by atoms with E-state index < -0.39 is 15.7 Å². The number of carbonyl (C=O) groups excluding carboxylic acids is 1. The molecule has 1 amide bonds. The molecule has 36 heavy (non-hydrogen) atoms. The summed E-state index contributed by atoms with van der Waals surface area (Å²) < 4.78 is 27.1. The second-order valence-corrected chi connectivity index (χ2v) is 11.9. The molecule has 0 aliphatic heterocycles. The number of hydrogen-bond acceptors (Lipinski definition) is 8. The molecule has 0 bridgehead atoms. The van der Waals surface area contributed by atoms with Gasteiger partial charge in [-0.15, -0.1) is 0 Å². The highest BCUT2D eigenvalue weighted by Crippen LogP contribution is 2.26. The first-order chi connectivity index (χ1) is 17.1. The van der Waals surface area contributed by atoms with E-state index >= 15 is 0 Å². The summed E-state index contributed by atoms with van der Waals surface area (Å²) in [6.45, 7) is 1.98. The Kier molecular flexibility index (Phi) is 7.89. The molecule has 0 spiro atoms. The summed E-state index contributed by atoms with van der Waals surface area (Å²) in [5.74, 6) is 1.03. The van der Waals surface area contributed by atoms with Gasteiger partial charge in [-0.05, 0) is 69.0 Å². The van der Waals surface area contributed by atoms with Crippen LogP contribution in [-0.4, -0.2) is 55.5 Å². The second-order valence-electron chi connectivity index (χ2n) is 9.07. The number of benzene rings is 1. The summed E-state index contributed by atoms with van der Waals surface area (Å²) in [7, 11) is -0.0501. The number of aryl methyl sites for hydroxylation is 1. The smallest absolute Gasteiger partial charge is 0.254 e. The molecule has 0 unspecified atom stereocenters. The molecule has 1 aromatic carbocycles. The number of amides is 1. The monoisotopic (exact) mass is 572 g/mol. The number of pyridine rings is 1. The molecule has 4 rings (SSSR count). The summed E-state index contributed by atoms with van der Waals surface area (Å²) >= 11 is 3.31. The third-order valence-electron chi connectivity index (χ3n) is 6.16. The van der Waals surface area contributed by atoms with Gasteiger partial charge >= 0.3 is 0 Å². The first-order valence-corrected chi connectivity index (χ1v) is 14.0. The number of hydrogen-bond donors (Lipinski definition) is 2. The summed E-state index contributed by atoms with van der Waals surface area (Å²) in [5.41, 5.74) is 1.05. The summed E-state index contributed by atoms with van der Waals surface area (Å²) in [5, 5.41) is 6.17. The fourth-order valence-corrected chi connectivity index (χ4v) is 5.92. The van der Waals surface area contributed by atoms with Crippen molar-refractivity contribution in [3.63, 3.8) is 0 Å². The predicted octanol–water partition coefficient (Wildman–Crippen LogP) is 3.99. The zero-order valence-electron chi connectivity index (χ0n) is 20.4. The van der Waals surface area contributed by atoms with Gasteiger partial charge in [-0.2, -0.15) is 4.98 Å². The molecule has 2 aromatic heterocycles. The van der Waals surface area contributed by atoms with E-state index in [0.29, 0.717) is 5.95 Å². The predicted molar refractivity (Wildman–Crippen MR) is 142 cm³/mol. The maximum Gasteiger partial charge on any atom is 0.254 e. The highest BCUT2D eigenvalue weighted by atomic mass is 79.9. The average molecular weight is 574 g/mol. The lowest BCUT2D eigenvalue weighted by atomic mass is 9.91. The van der Waals surface area contributed by atoms with Crippen LogP contribution in [0.1, 0.15) is 41.6 Å². The van der Waals surface area contributed by atoms with Crippen molar-refractivity contribution in [1.29, 1.82) is 0 Å². The summed E-state index contributed by atoms with van der Waals surface area (Å²) in [6.07, 6.45) is 6.36. The Labute approximate surface area is 219 Å². The minimum absolute atomic E-state index is 0.0462. The molecule has 1 aliphatic rings. The van der Waals surface area contributed by atoms with E-state index in [1.54, 1.807) is 18.2 Å². The molecule has 1 aliphatic carbocycles. The van der Waals surface area contributed by atoms with Crippen LogP contribution < -0.4 is 15.5 Å². The summed E-state index contributed by atoms with van der Waals surface area (Å²) in [4.78, 5) is 28.2. The van der Waals surface area contributed by atoms with Gasteiger partial charge in [0, 0.05) is 48.6 Å². The van der Waals surface area contributed by atoms with Gasteiger partial charge in [0.1, 0.15) is 5.82 Å². The number of carbonyl (C=O) groups is 1. The van der Waals surface area contributed by atoms with Crippen LogP contribution >= 0.6 is 15.9 Å². The van der Waals surface area contributed by atoms with Gasteiger partial charge in [-0.25, -0.2) is 18.4 Å². The Morgan fingerprint density at radius 2 is 1.69 bits per heavy atom. The third kappa shape index (κ3) is 5.84. The lowest BCUT2D eigenvalue weighted by molar-refractivity contribution is 0.0922. The number of anilines is 2. The Hall–Kier alpha value is -3.05. The average Bonchev–Trinajstić information content (AvgIpc) is 2.86. The van der Waals surface area contributed by atoms with Gasteiger partial charge in [-0.3, -0.25) is 4.79 Å². The van der Waals surface area contributed by atoms with E-state index in [1.165, 1.54) is 24.4 Å². The molecule has 1 saturated carbocycles. The number of halogens is 1. The third-order valence-corrected chi connectivity index (χ3v) is 8.41. The quantitative estimate of drug-likeness (QED) is 0.436. The molecular weight excluding hydrogens is 544 g/mol. The number of nitrogens with one attached hydrogen (secondary N) is 2. The Bertz CT molecular complexity index is 1340. The van der Waals surface area contributed by atoms with Gasteiger partial charge < -0.3 is 15.5 Å². The first kappa shape index (κ1) is 26.0. The molecule has 1 fully saturated rings. The topological polar surface area (TPSA) is 117 Å². The van der Waals surface area contributed by atoms with Crippen molar-refractivity contribution in [2.24, 2.45) is 0 Å². The second kappa shape index (κ2) is 10.9. The van der Waals surface area contributed by atoms with Gasteiger partial charge in [0.2, 0.25) is 15.8 Å². The van der Waals surface area contributed by atoms with E-state index in [0.717, 1.165) is 41.5 Å². The van der Waals surface area contributed by atoms with Crippen molar-refractivity contribution in [3.8, 4) is 0 Å². The van der Waals surface area contributed by atoms with E-state index in [9.17, 15) is 13.2 Å². The van der Waals surface area contributed by atoms with Crippen LogP contribution in [0.5, 0.6) is 0 Å². The van der Waals surface area contributed by atoms with Crippen molar-refractivity contribution in [3.05, 3.63) is 64.4 Å². The highest BCUT2D eigenvalue weighted by Gasteiger charge is 2.28. The molecule has 9 nitrogen and oxygen atoms in total. The zero-order chi connectivity index (χ0) is 25.9. The van der Waals surface area contributed by atoms with Gasteiger partial charge in [0.15, 0.2) is 5.03 Å². The van der Waals surface area contributed by atoms with Gasteiger partial charge in [0.05, 0.1) is 10.5 Å². The highest BCUT2D eigenvalue weighted by molar-refractivity contribution is 9.10. The molecule has 2 heterocycles. The molecule has 11 heteroatoms. The van der Waals surface area contributed by atoms with Crippen molar-refractivity contribution in [2.75, 3.05) is 24.3 Å². The Morgan fingerprint density at radius 1 is 1.03 bits per heavy atom. The zero-order valence-corrected chi connectivity index (χ0v) is 22.8. The van der Waals surface area contributed by atoms with Crippen LogP contribution in [0.3, 0.4) is 0 Å². The molecule has 3 aromatic rings. The van der Waals surface area contributed by atoms with E-state index in [-0.39, 0.29) is 27.6 Å². The maximum absolute atomic E-state index is 13.2. The molecule has 0 saturated heterocycles. The molecule has 2 N–H and O–H groups in total. The standard InChI is InChI=1S/C25H29BrN6O3S/c1-16-15-28-25(31-22(16)32(2)3)30-19-10-8-18(9-11-19)29-23(33)21-5-4-14-27-24(21)36(34,35)20-12-6-17(26)7-13-20/h4-7,12-15,18-19H,8-11H2,1-3H3,(H,29,33)(H,28,30,31). The maximum atomic E-state index is 13.2. The van der Waals surface area contributed by atoms with Crippen LogP contribution in [0.4, 0.5) is 11.8 Å². The SMILES string of the molecule is Cc1cnc(NC2CCC(NC(=O)c3cccnc3S(=O)(=O)c3ccc(Br)cc3)CC2)nc1N(C)C. The van der Waals surface area contributed by atoms with Gasteiger partial charge in [-0.1, -0.05) is 15.9 Å². The first-order valence-electron chi connectivity index (χ1n) is 11.7. The number of nitrogens with zero attached hydrogens (tertiary/aromatic N) is 4. The normalized spacial score (nSPS) is 17.9. The van der Waals surface area contributed by atoms with Crippen molar-refractivity contribution < 1.29 is 13.2 Å².